The second-order valence-electron chi connectivity index (χ2n) is 8.71. The highest BCUT2D eigenvalue weighted by Crippen LogP contribution is 2.34. The lowest BCUT2D eigenvalue weighted by molar-refractivity contribution is 0.102. The number of ether oxygens (including phenoxy) is 2. The molecule has 0 saturated carbocycles. The lowest BCUT2D eigenvalue weighted by Crippen LogP contribution is -2.17. The van der Waals surface area contributed by atoms with Gasteiger partial charge in [0.05, 0.1) is 25.1 Å². The zero-order valence-electron chi connectivity index (χ0n) is 19.2. The number of methoxy groups -OCH3 is 1. The molecule has 0 saturated heterocycles. The number of nitrogens with zero attached hydrogens (tertiary/aromatic N) is 3. The number of benzene rings is 1. The molecule has 1 amide bonds. The van der Waals surface area contributed by atoms with Gasteiger partial charge in [-0.3, -0.25) is 14.5 Å². The second kappa shape index (κ2) is 9.36. The lowest BCUT2D eigenvalue weighted by Gasteiger charge is -2.21. The van der Waals surface area contributed by atoms with Crippen molar-refractivity contribution in [2.75, 3.05) is 19.0 Å². The summed E-state index contributed by atoms with van der Waals surface area (Å²) in [5.41, 5.74) is 2.73. The fraction of sp³-hybridized carbons (Fsp3) is 0.292. The van der Waals surface area contributed by atoms with Crippen LogP contribution in [0.3, 0.4) is 0 Å². The molecule has 4 aromatic rings. The smallest absolute Gasteiger partial charge is 0.276 e. The fourth-order valence-electron chi connectivity index (χ4n) is 3.15. The number of carbonyl (C=O) groups excluding carboxylic acids is 1. The third-order valence-corrected chi connectivity index (χ3v) is 6.28. The minimum absolute atomic E-state index is 0.00445. The van der Waals surface area contributed by atoms with Crippen LogP contribution in [0.4, 0.5) is 5.13 Å². The summed E-state index contributed by atoms with van der Waals surface area (Å²) in [5, 5.41) is 7.25. The monoisotopic (exact) mass is 482 g/mol. The Kier molecular flexibility index (Phi) is 6.53. The van der Waals surface area contributed by atoms with E-state index in [0.717, 1.165) is 16.2 Å². The van der Waals surface area contributed by atoms with Crippen molar-refractivity contribution < 1.29 is 14.3 Å². The summed E-state index contributed by atoms with van der Waals surface area (Å²) in [4.78, 5) is 22.9. The van der Waals surface area contributed by atoms with Gasteiger partial charge in [-0.1, -0.05) is 32.9 Å². The summed E-state index contributed by atoms with van der Waals surface area (Å²) >= 11 is 2.87. The SMILES string of the molecule is COc1cccc(C=Cc2nc3sccn3c2C(=O)Nc2nc(C)cs2)c1OCC(C)(C)C. The van der Waals surface area contributed by atoms with Gasteiger partial charge >= 0.3 is 0 Å². The van der Waals surface area contributed by atoms with Gasteiger partial charge in [-0.2, -0.15) is 0 Å². The number of nitrogens with one attached hydrogen (secondary N) is 1. The number of hydrogen-bond donors (Lipinski definition) is 1. The number of rotatable bonds is 7. The molecule has 4 rings (SSSR count). The first-order chi connectivity index (χ1) is 15.7. The molecule has 0 aliphatic carbocycles. The van der Waals surface area contributed by atoms with E-state index in [1.165, 1.54) is 22.7 Å². The molecule has 1 N–H and O–H groups in total. The molecular formula is C24H26N4O3S2. The average Bonchev–Trinajstić information content (AvgIpc) is 3.46. The predicted octanol–water partition coefficient (Wildman–Crippen LogP) is 6.02. The summed E-state index contributed by atoms with van der Waals surface area (Å²) < 4.78 is 13.4. The zero-order chi connectivity index (χ0) is 23.6. The summed E-state index contributed by atoms with van der Waals surface area (Å²) in [6.07, 6.45) is 5.58. The maximum absolute atomic E-state index is 13.1. The van der Waals surface area contributed by atoms with Crippen molar-refractivity contribution >= 4 is 50.8 Å². The van der Waals surface area contributed by atoms with Crippen LogP contribution in [-0.4, -0.2) is 34.0 Å². The quantitative estimate of drug-likeness (QED) is 0.349. The number of anilines is 1. The minimum Gasteiger partial charge on any atom is -0.493 e. The van der Waals surface area contributed by atoms with E-state index in [1.807, 2.05) is 54.2 Å². The number of aryl methyl sites for hydroxylation is 1. The molecule has 0 aliphatic heterocycles. The van der Waals surface area contributed by atoms with Crippen molar-refractivity contribution in [3.8, 4) is 11.5 Å². The maximum Gasteiger partial charge on any atom is 0.276 e. The van der Waals surface area contributed by atoms with E-state index in [2.05, 4.69) is 36.1 Å². The molecule has 0 aliphatic rings. The highest BCUT2D eigenvalue weighted by molar-refractivity contribution is 7.15. The average molecular weight is 483 g/mol. The van der Waals surface area contributed by atoms with E-state index in [9.17, 15) is 4.79 Å². The molecular weight excluding hydrogens is 456 g/mol. The third-order valence-electron chi connectivity index (χ3n) is 4.64. The Morgan fingerprint density at radius 2 is 2.03 bits per heavy atom. The van der Waals surface area contributed by atoms with Gasteiger partial charge in [0.25, 0.3) is 5.91 Å². The number of aromatic nitrogens is 3. The number of amides is 1. The molecule has 0 bridgehead atoms. The van der Waals surface area contributed by atoms with Crippen LogP contribution in [0.15, 0.2) is 35.2 Å². The number of para-hydroxylation sites is 1. The van der Waals surface area contributed by atoms with Crippen molar-refractivity contribution in [1.82, 2.24) is 14.4 Å². The number of fused-ring (bicyclic) bond motifs is 1. The van der Waals surface area contributed by atoms with Gasteiger partial charge in [0, 0.05) is 22.5 Å². The summed E-state index contributed by atoms with van der Waals surface area (Å²) in [6.45, 7) is 8.78. The first-order valence-corrected chi connectivity index (χ1v) is 12.2. The molecule has 0 spiro atoms. The third kappa shape index (κ3) is 5.26. The van der Waals surface area contributed by atoms with Gasteiger partial charge in [0.1, 0.15) is 5.69 Å². The Balaban J connectivity index is 1.68. The van der Waals surface area contributed by atoms with Gasteiger partial charge in [-0.15, -0.1) is 22.7 Å². The number of carbonyl (C=O) groups is 1. The lowest BCUT2D eigenvalue weighted by atomic mass is 9.98. The standard InChI is InChI=1S/C24H26N4O3S2/c1-15-13-33-22(25-15)27-21(29)19-17(26-23-28(19)11-12-32-23)10-9-16-7-6-8-18(30-5)20(16)31-14-24(2,3)4/h6-13H,14H2,1-5H3,(H,25,27,29). The number of hydrogen-bond acceptors (Lipinski definition) is 7. The van der Waals surface area contributed by atoms with Crippen LogP contribution < -0.4 is 14.8 Å². The second-order valence-corrected chi connectivity index (χ2v) is 10.4. The van der Waals surface area contributed by atoms with Gasteiger partial charge in [0.15, 0.2) is 21.6 Å². The first-order valence-electron chi connectivity index (χ1n) is 10.4. The van der Waals surface area contributed by atoms with Gasteiger partial charge in [0.2, 0.25) is 0 Å². The molecule has 9 heteroatoms. The van der Waals surface area contributed by atoms with Crippen molar-refractivity contribution in [1.29, 1.82) is 0 Å². The topological polar surface area (TPSA) is 77.8 Å². The normalized spacial score (nSPS) is 11.9. The van der Waals surface area contributed by atoms with Crippen molar-refractivity contribution in [3.63, 3.8) is 0 Å². The maximum atomic E-state index is 13.1. The molecule has 0 atom stereocenters. The molecule has 3 aromatic heterocycles. The van der Waals surface area contributed by atoms with Crippen molar-refractivity contribution in [2.24, 2.45) is 5.41 Å². The Morgan fingerprint density at radius 1 is 1.21 bits per heavy atom. The molecule has 3 heterocycles. The van der Waals surface area contributed by atoms with Crippen molar-refractivity contribution in [3.05, 3.63) is 57.8 Å². The van der Waals surface area contributed by atoms with Crippen LogP contribution >= 0.6 is 22.7 Å². The van der Waals surface area contributed by atoms with Crippen LogP contribution in [0.5, 0.6) is 11.5 Å². The molecule has 0 radical (unpaired) electrons. The van der Waals surface area contributed by atoms with Crippen LogP contribution in [0.25, 0.3) is 17.1 Å². The zero-order valence-corrected chi connectivity index (χ0v) is 20.8. The Morgan fingerprint density at radius 3 is 2.73 bits per heavy atom. The van der Waals surface area contributed by atoms with Gasteiger partial charge < -0.3 is 9.47 Å². The predicted molar refractivity (Wildman–Crippen MR) is 135 cm³/mol. The largest absolute Gasteiger partial charge is 0.493 e. The molecule has 0 fully saturated rings. The fourth-order valence-corrected chi connectivity index (χ4v) is 4.55. The number of imidazole rings is 1. The molecule has 172 valence electrons. The molecule has 33 heavy (non-hydrogen) atoms. The van der Waals surface area contributed by atoms with Gasteiger partial charge in [-0.05, 0) is 30.6 Å². The summed E-state index contributed by atoms with van der Waals surface area (Å²) in [7, 11) is 1.62. The molecule has 7 nitrogen and oxygen atoms in total. The summed E-state index contributed by atoms with van der Waals surface area (Å²) in [6, 6.07) is 5.73. The number of thiazole rings is 2. The Labute approximate surface area is 200 Å². The van der Waals surface area contributed by atoms with E-state index in [0.29, 0.717) is 34.6 Å². The van der Waals surface area contributed by atoms with E-state index in [1.54, 1.807) is 11.5 Å². The Hall–Kier alpha value is -3.17. The molecule has 0 unspecified atom stereocenters. The highest BCUT2D eigenvalue weighted by Gasteiger charge is 2.20. The summed E-state index contributed by atoms with van der Waals surface area (Å²) in [5.74, 6) is 1.06. The van der Waals surface area contributed by atoms with Crippen LogP contribution in [0.2, 0.25) is 0 Å². The van der Waals surface area contributed by atoms with E-state index < -0.39 is 0 Å². The molecule has 1 aromatic carbocycles. The van der Waals surface area contributed by atoms with Crippen molar-refractivity contribution in [2.45, 2.75) is 27.7 Å². The van der Waals surface area contributed by atoms with E-state index in [4.69, 9.17) is 9.47 Å². The van der Waals surface area contributed by atoms with Crippen LogP contribution in [-0.2, 0) is 0 Å². The van der Waals surface area contributed by atoms with Gasteiger partial charge in [-0.25, -0.2) is 9.97 Å². The van der Waals surface area contributed by atoms with E-state index in [-0.39, 0.29) is 11.3 Å². The van der Waals surface area contributed by atoms with Crippen LogP contribution in [0, 0.1) is 12.3 Å². The Bertz CT molecular complexity index is 1310. The van der Waals surface area contributed by atoms with E-state index >= 15 is 0 Å². The van der Waals surface area contributed by atoms with Crippen LogP contribution in [0.1, 0.15) is 48.2 Å². The first kappa shape index (κ1) is 23.0. The highest BCUT2D eigenvalue weighted by atomic mass is 32.1. The minimum atomic E-state index is -0.259.